The highest BCUT2D eigenvalue weighted by Gasteiger charge is 2.53. The number of anilines is 1. The lowest BCUT2D eigenvalue weighted by Gasteiger charge is -2.29. The molecular formula is C25H21F3N2O3S. The van der Waals surface area contributed by atoms with E-state index in [-0.39, 0.29) is 21.7 Å². The van der Waals surface area contributed by atoms with Crippen LogP contribution in [-0.2, 0) is 15.6 Å². The molecule has 1 unspecified atom stereocenters. The van der Waals surface area contributed by atoms with Crippen molar-refractivity contribution in [1.29, 1.82) is 5.26 Å². The van der Waals surface area contributed by atoms with Crippen molar-refractivity contribution in [3.8, 4) is 6.07 Å². The summed E-state index contributed by atoms with van der Waals surface area (Å²) in [5.74, 6) is 0. The van der Waals surface area contributed by atoms with Crippen molar-refractivity contribution in [2.75, 3.05) is 11.4 Å². The van der Waals surface area contributed by atoms with Crippen LogP contribution in [0, 0.1) is 18.3 Å². The van der Waals surface area contributed by atoms with Gasteiger partial charge < -0.3 is 5.11 Å². The van der Waals surface area contributed by atoms with Crippen LogP contribution in [0.3, 0.4) is 0 Å². The van der Waals surface area contributed by atoms with Crippen LogP contribution < -0.4 is 4.31 Å². The van der Waals surface area contributed by atoms with E-state index in [9.17, 15) is 26.7 Å². The SMILES string of the molecule is Cc1cc(C(O)(/C=C/c2ccccc2)C(F)(F)F)ccc1N(C)S(=O)(=O)c1cccc(C#N)c1. The van der Waals surface area contributed by atoms with Crippen molar-refractivity contribution in [1.82, 2.24) is 0 Å². The van der Waals surface area contributed by atoms with Gasteiger partial charge in [0.2, 0.25) is 5.60 Å². The van der Waals surface area contributed by atoms with E-state index in [1.54, 1.807) is 30.3 Å². The fourth-order valence-electron chi connectivity index (χ4n) is 3.39. The van der Waals surface area contributed by atoms with Gasteiger partial charge in [0, 0.05) is 7.05 Å². The minimum atomic E-state index is -5.03. The third-order valence-corrected chi connectivity index (χ3v) is 7.11. The van der Waals surface area contributed by atoms with Gasteiger partial charge in [-0.2, -0.15) is 18.4 Å². The number of hydrogen-bond acceptors (Lipinski definition) is 4. The van der Waals surface area contributed by atoms with E-state index in [1.807, 2.05) is 6.07 Å². The summed E-state index contributed by atoms with van der Waals surface area (Å²) in [6.07, 6.45) is -3.18. The average molecular weight is 487 g/mol. The van der Waals surface area contributed by atoms with E-state index < -0.39 is 27.4 Å². The monoisotopic (exact) mass is 486 g/mol. The van der Waals surface area contributed by atoms with Crippen LogP contribution in [0.4, 0.5) is 18.9 Å². The number of halogens is 3. The van der Waals surface area contributed by atoms with Gasteiger partial charge in [-0.25, -0.2) is 8.42 Å². The molecule has 0 aromatic heterocycles. The number of benzene rings is 3. The zero-order chi connectivity index (χ0) is 25.1. The standard InChI is InChI=1S/C25H21F3N2O3S/c1-18-15-21(24(31,25(26,27)28)14-13-19-7-4-3-5-8-19)11-12-23(18)30(2)34(32,33)22-10-6-9-20(16-22)17-29/h3-16,31H,1-2H3/b14-13+. The second-order valence-corrected chi connectivity index (χ2v) is 9.59. The molecule has 0 aliphatic rings. The highest BCUT2D eigenvalue weighted by molar-refractivity contribution is 7.92. The second-order valence-electron chi connectivity index (χ2n) is 7.62. The van der Waals surface area contributed by atoms with Crippen molar-refractivity contribution < 1.29 is 26.7 Å². The third kappa shape index (κ3) is 4.83. The summed E-state index contributed by atoms with van der Waals surface area (Å²) >= 11 is 0. The van der Waals surface area contributed by atoms with Crippen LogP contribution in [0.1, 0.15) is 22.3 Å². The van der Waals surface area contributed by atoms with Crippen molar-refractivity contribution in [2.24, 2.45) is 0 Å². The Morgan fingerprint density at radius 1 is 1.00 bits per heavy atom. The summed E-state index contributed by atoms with van der Waals surface area (Å²) in [5, 5.41) is 19.7. The molecule has 3 rings (SSSR count). The zero-order valence-electron chi connectivity index (χ0n) is 18.3. The first-order valence-corrected chi connectivity index (χ1v) is 11.5. The van der Waals surface area contributed by atoms with Gasteiger partial charge in [0.05, 0.1) is 22.2 Å². The van der Waals surface area contributed by atoms with Crippen LogP contribution in [-0.4, -0.2) is 26.7 Å². The maximum Gasteiger partial charge on any atom is 0.425 e. The van der Waals surface area contributed by atoms with E-state index in [0.29, 0.717) is 11.6 Å². The first-order chi connectivity index (χ1) is 15.9. The van der Waals surface area contributed by atoms with Crippen LogP contribution >= 0.6 is 0 Å². The molecule has 0 saturated carbocycles. The highest BCUT2D eigenvalue weighted by Crippen LogP contribution is 2.42. The molecule has 0 bridgehead atoms. The second kappa shape index (κ2) is 9.33. The van der Waals surface area contributed by atoms with Gasteiger partial charge in [-0.1, -0.05) is 54.6 Å². The molecule has 9 heteroatoms. The summed E-state index contributed by atoms with van der Waals surface area (Å²) in [4.78, 5) is -0.130. The molecule has 34 heavy (non-hydrogen) atoms. The Hall–Kier alpha value is -3.61. The van der Waals surface area contributed by atoms with E-state index in [4.69, 9.17) is 5.26 Å². The minimum absolute atomic E-state index is 0.127. The lowest BCUT2D eigenvalue weighted by Crippen LogP contribution is -2.40. The molecule has 0 amide bonds. The highest BCUT2D eigenvalue weighted by atomic mass is 32.2. The number of alkyl halides is 3. The fourth-order valence-corrected chi connectivity index (χ4v) is 4.70. The Morgan fingerprint density at radius 2 is 1.68 bits per heavy atom. The lowest BCUT2D eigenvalue weighted by atomic mass is 9.90. The number of nitriles is 1. The van der Waals surface area contributed by atoms with Gasteiger partial charge in [-0.05, 0) is 54.0 Å². The third-order valence-electron chi connectivity index (χ3n) is 5.35. The quantitative estimate of drug-likeness (QED) is 0.522. The number of sulfonamides is 1. The van der Waals surface area contributed by atoms with Gasteiger partial charge in [-0.15, -0.1) is 0 Å². The molecule has 0 aliphatic heterocycles. The molecule has 3 aromatic rings. The molecule has 1 atom stereocenters. The summed E-state index contributed by atoms with van der Waals surface area (Å²) in [6, 6.07) is 18.9. The van der Waals surface area contributed by atoms with Crippen LogP contribution in [0.15, 0.2) is 83.8 Å². The molecular weight excluding hydrogens is 465 g/mol. The number of nitrogens with zero attached hydrogens (tertiary/aromatic N) is 2. The van der Waals surface area contributed by atoms with Crippen molar-refractivity contribution in [2.45, 2.75) is 23.6 Å². The molecule has 0 saturated heterocycles. The summed E-state index contributed by atoms with van der Waals surface area (Å²) in [6.45, 7) is 1.45. The predicted molar refractivity (Wildman–Crippen MR) is 123 cm³/mol. The van der Waals surface area contributed by atoms with Crippen LogP contribution in [0.25, 0.3) is 6.08 Å². The van der Waals surface area contributed by atoms with Gasteiger partial charge >= 0.3 is 6.18 Å². The average Bonchev–Trinajstić information content (AvgIpc) is 2.82. The van der Waals surface area contributed by atoms with Crippen LogP contribution in [0.2, 0.25) is 0 Å². The van der Waals surface area contributed by atoms with Crippen molar-refractivity contribution in [3.05, 3.63) is 101 Å². The summed E-state index contributed by atoms with van der Waals surface area (Å²) < 4.78 is 68.8. The predicted octanol–water partition coefficient (Wildman–Crippen LogP) is 5.16. The fraction of sp³-hybridized carbons (Fsp3) is 0.160. The summed E-state index contributed by atoms with van der Waals surface area (Å²) in [7, 11) is -2.82. The molecule has 176 valence electrons. The molecule has 0 aliphatic carbocycles. The number of rotatable bonds is 6. The smallest absolute Gasteiger partial charge is 0.373 e. The maximum atomic E-state index is 13.9. The van der Waals surface area contributed by atoms with Crippen molar-refractivity contribution >= 4 is 21.8 Å². The maximum absolute atomic E-state index is 13.9. The van der Waals surface area contributed by atoms with Gasteiger partial charge in [-0.3, -0.25) is 4.31 Å². The normalized spacial score (nSPS) is 13.9. The Balaban J connectivity index is 2.02. The Kier molecular flexibility index (Phi) is 6.87. The molecule has 3 aromatic carbocycles. The summed E-state index contributed by atoms with van der Waals surface area (Å²) in [5.41, 5.74) is -2.78. The number of aliphatic hydroxyl groups is 1. The molecule has 0 radical (unpaired) electrons. The first-order valence-electron chi connectivity index (χ1n) is 10.0. The molecule has 0 spiro atoms. The van der Waals surface area contributed by atoms with Crippen molar-refractivity contribution in [3.63, 3.8) is 0 Å². The molecule has 0 heterocycles. The van der Waals surface area contributed by atoms with Gasteiger partial charge in [0.1, 0.15) is 0 Å². The van der Waals surface area contributed by atoms with Gasteiger partial charge in [0.15, 0.2) is 0 Å². The number of aryl methyl sites for hydroxylation is 1. The molecule has 1 N–H and O–H groups in total. The van der Waals surface area contributed by atoms with E-state index >= 15 is 0 Å². The van der Waals surface area contributed by atoms with Gasteiger partial charge in [0.25, 0.3) is 10.0 Å². The Morgan fingerprint density at radius 3 is 2.26 bits per heavy atom. The lowest BCUT2D eigenvalue weighted by molar-refractivity contribution is -0.244. The minimum Gasteiger partial charge on any atom is -0.373 e. The molecule has 0 fully saturated rings. The first kappa shape index (κ1) is 25.0. The topological polar surface area (TPSA) is 81.4 Å². The van der Waals surface area contributed by atoms with E-state index in [1.165, 1.54) is 50.4 Å². The Bertz CT molecular complexity index is 1360. The number of hydrogen-bond donors (Lipinski definition) is 1. The van der Waals surface area contributed by atoms with E-state index in [0.717, 1.165) is 16.4 Å². The molecule has 5 nitrogen and oxygen atoms in total. The zero-order valence-corrected chi connectivity index (χ0v) is 19.1. The van der Waals surface area contributed by atoms with Crippen LogP contribution in [0.5, 0.6) is 0 Å². The Labute approximate surface area is 196 Å². The van der Waals surface area contributed by atoms with E-state index in [2.05, 4.69) is 0 Å². The largest absolute Gasteiger partial charge is 0.425 e.